The predicted octanol–water partition coefficient (Wildman–Crippen LogP) is 2.66. The third-order valence-corrected chi connectivity index (χ3v) is 3.30. The largest absolute Gasteiger partial charge is 0.315 e. The van der Waals surface area contributed by atoms with Gasteiger partial charge in [0.1, 0.15) is 0 Å². The van der Waals surface area contributed by atoms with E-state index in [0.29, 0.717) is 0 Å². The van der Waals surface area contributed by atoms with Gasteiger partial charge in [0.2, 0.25) is 0 Å². The molecule has 1 N–H and O–H groups in total. The summed E-state index contributed by atoms with van der Waals surface area (Å²) in [7, 11) is 0. The summed E-state index contributed by atoms with van der Waals surface area (Å²) in [5.41, 5.74) is 0. The standard InChI is InChI=1S/C14H28N2/c1-4-5-9-16-10-7-6-8-14(16)12-15-11-13(2)3/h4,13-15H,1,5-12H2,2-3H3. The summed E-state index contributed by atoms with van der Waals surface area (Å²) < 4.78 is 0. The highest BCUT2D eigenvalue weighted by Crippen LogP contribution is 2.16. The van der Waals surface area contributed by atoms with Crippen molar-refractivity contribution >= 4 is 0 Å². The highest BCUT2D eigenvalue weighted by molar-refractivity contribution is 4.81. The van der Waals surface area contributed by atoms with Crippen LogP contribution in [0.4, 0.5) is 0 Å². The normalized spacial score (nSPS) is 22.6. The first-order valence-corrected chi connectivity index (χ1v) is 6.79. The Morgan fingerprint density at radius 3 is 2.94 bits per heavy atom. The lowest BCUT2D eigenvalue weighted by Gasteiger charge is -2.35. The zero-order valence-electron chi connectivity index (χ0n) is 11.0. The van der Waals surface area contributed by atoms with Crippen molar-refractivity contribution in [1.29, 1.82) is 0 Å². The first-order valence-electron chi connectivity index (χ1n) is 6.79. The number of nitrogens with zero attached hydrogens (tertiary/aromatic N) is 1. The van der Waals surface area contributed by atoms with E-state index in [2.05, 4.69) is 30.6 Å². The topological polar surface area (TPSA) is 15.3 Å². The van der Waals surface area contributed by atoms with Gasteiger partial charge in [-0.25, -0.2) is 0 Å². The van der Waals surface area contributed by atoms with E-state index >= 15 is 0 Å². The van der Waals surface area contributed by atoms with E-state index in [9.17, 15) is 0 Å². The van der Waals surface area contributed by atoms with Crippen LogP contribution in [0.5, 0.6) is 0 Å². The van der Waals surface area contributed by atoms with Crippen LogP contribution in [0.1, 0.15) is 39.5 Å². The molecule has 0 radical (unpaired) electrons. The number of likely N-dealkylation sites (tertiary alicyclic amines) is 1. The van der Waals surface area contributed by atoms with Crippen LogP contribution in [0.2, 0.25) is 0 Å². The first-order chi connectivity index (χ1) is 7.74. The molecule has 16 heavy (non-hydrogen) atoms. The van der Waals surface area contributed by atoms with Crippen molar-refractivity contribution in [3.63, 3.8) is 0 Å². The highest BCUT2D eigenvalue weighted by Gasteiger charge is 2.20. The van der Waals surface area contributed by atoms with Crippen LogP contribution in [0.15, 0.2) is 12.7 Å². The van der Waals surface area contributed by atoms with Gasteiger partial charge >= 0.3 is 0 Å². The SMILES string of the molecule is C=CCCN1CCCCC1CNCC(C)C. The van der Waals surface area contributed by atoms with Gasteiger partial charge in [0, 0.05) is 19.1 Å². The second kappa shape index (κ2) is 7.86. The molecule has 1 rings (SSSR count). The van der Waals surface area contributed by atoms with E-state index in [-0.39, 0.29) is 0 Å². The van der Waals surface area contributed by atoms with Gasteiger partial charge in [-0.2, -0.15) is 0 Å². The highest BCUT2D eigenvalue weighted by atomic mass is 15.2. The predicted molar refractivity (Wildman–Crippen MR) is 71.7 cm³/mol. The molecule has 1 unspecified atom stereocenters. The zero-order chi connectivity index (χ0) is 11.8. The Morgan fingerprint density at radius 2 is 2.25 bits per heavy atom. The van der Waals surface area contributed by atoms with Crippen LogP contribution in [-0.4, -0.2) is 37.1 Å². The molecule has 0 bridgehead atoms. The van der Waals surface area contributed by atoms with Crippen molar-refractivity contribution < 1.29 is 0 Å². The smallest absolute Gasteiger partial charge is 0.0220 e. The van der Waals surface area contributed by atoms with Gasteiger partial charge in [-0.15, -0.1) is 6.58 Å². The molecule has 1 aliphatic heterocycles. The summed E-state index contributed by atoms with van der Waals surface area (Å²) in [4.78, 5) is 2.64. The second-order valence-corrected chi connectivity index (χ2v) is 5.32. The lowest BCUT2D eigenvalue weighted by molar-refractivity contribution is 0.147. The summed E-state index contributed by atoms with van der Waals surface area (Å²) >= 11 is 0. The molecule has 0 aromatic carbocycles. The zero-order valence-corrected chi connectivity index (χ0v) is 11.0. The maximum Gasteiger partial charge on any atom is 0.0220 e. The first kappa shape index (κ1) is 13.7. The maximum absolute atomic E-state index is 3.81. The molecule has 1 saturated heterocycles. The molecular formula is C14H28N2. The van der Waals surface area contributed by atoms with Gasteiger partial charge in [0.15, 0.2) is 0 Å². The number of hydrogen-bond acceptors (Lipinski definition) is 2. The summed E-state index contributed by atoms with van der Waals surface area (Å²) in [5.74, 6) is 0.755. The van der Waals surface area contributed by atoms with Crippen LogP contribution in [0.3, 0.4) is 0 Å². The number of hydrogen-bond donors (Lipinski definition) is 1. The van der Waals surface area contributed by atoms with E-state index in [1.54, 1.807) is 0 Å². The molecule has 2 heteroatoms. The van der Waals surface area contributed by atoms with Gasteiger partial charge in [-0.3, -0.25) is 4.90 Å². The Kier molecular flexibility index (Phi) is 6.74. The van der Waals surface area contributed by atoms with Crippen molar-refractivity contribution in [3.05, 3.63) is 12.7 Å². The van der Waals surface area contributed by atoms with Crippen molar-refractivity contribution in [1.82, 2.24) is 10.2 Å². The molecule has 0 aromatic rings. The number of nitrogens with one attached hydrogen (secondary N) is 1. The summed E-state index contributed by atoms with van der Waals surface area (Å²) in [6.07, 6.45) is 7.30. The molecule has 1 heterocycles. The molecule has 94 valence electrons. The van der Waals surface area contributed by atoms with Crippen LogP contribution in [-0.2, 0) is 0 Å². The fourth-order valence-electron chi connectivity index (χ4n) is 2.38. The third-order valence-electron chi connectivity index (χ3n) is 3.30. The van der Waals surface area contributed by atoms with Crippen molar-refractivity contribution in [3.8, 4) is 0 Å². The van der Waals surface area contributed by atoms with Crippen LogP contribution in [0.25, 0.3) is 0 Å². The Morgan fingerprint density at radius 1 is 1.44 bits per heavy atom. The van der Waals surface area contributed by atoms with Crippen molar-refractivity contribution in [2.75, 3.05) is 26.2 Å². The summed E-state index contributed by atoms with van der Waals surface area (Å²) in [5, 5.41) is 3.59. The molecule has 0 spiro atoms. The monoisotopic (exact) mass is 224 g/mol. The maximum atomic E-state index is 3.81. The Balaban J connectivity index is 2.26. The molecular weight excluding hydrogens is 196 g/mol. The van der Waals surface area contributed by atoms with E-state index in [1.807, 2.05) is 6.08 Å². The van der Waals surface area contributed by atoms with Crippen molar-refractivity contribution in [2.45, 2.75) is 45.6 Å². The van der Waals surface area contributed by atoms with Crippen molar-refractivity contribution in [2.24, 2.45) is 5.92 Å². The average Bonchev–Trinajstić information content (AvgIpc) is 2.27. The van der Waals surface area contributed by atoms with E-state index in [0.717, 1.165) is 31.5 Å². The van der Waals surface area contributed by atoms with Gasteiger partial charge in [0.25, 0.3) is 0 Å². The van der Waals surface area contributed by atoms with Crippen LogP contribution in [0, 0.1) is 5.92 Å². The Hall–Kier alpha value is -0.340. The third kappa shape index (κ3) is 5.13. The minimum atomic E-state index is 0.755. The lowest BCUT2D eigenvalue weighted by atomic mass is 10.0. The van der Waals surface area contributed by atoms with Gasteiger partial charge in [-0.05, 0) is 38.3 Å². The Labute approximate surface area is 101 Å². The molecule has 0 saturated carbocycles. The molecule has 2 nitrogen and oxygen atoms in total. The Bertz CT molecular complexity index is 189. The molecule has 1 aliphatic rings. The van der Waals surface area contributed by atoms with Gasteiger partial charge in [-0.1, -0.05) is 26.3 Å². The van der Waals surface area contributed by atoms with Crippen LogP contribution < -0.4 is 5.32 Å². The summed E-state index contributed by atoms with van der Waals surface area (Å²) in [6, 6.07) is 0.757. The molecule has 0 amide bonds. The van der Waals surface area contributed by atoms with E-state index < -0.39 is 0 Å². The average molecular weight is 224 g/mol. The van der Waals surface area contributed by atoms with E-state index in [4.69, 9.17) is 0 Å². The molecule has 0 aliphatic carbocycles. The minimum Gasteiger partial charge on any atom is -0.315 e. The van der Waals surface area contributed by atoms with Gasteiger partial charge < -0.3 is 5.32 Å². The van der Waals surface area contributed by atoms with E-state index in [1.165, 1.54) is 32.4 Å². The summed E-state index contributed by atoms with van der Waals surface area (Å²) in [6.45, 7) is 13.1. The fraction of sp³-hybridized carbons (Fsp3) is 0.857. The lowest BCUT2D eigenvalue weighted by Crippen LogP contribution is -2.46. The second-order valence-electron chi connectivity index (χ2n) is 5.32. The number of piperidine rings is 1. The molecule has 0 aromatic heterocycles. The minimum absolute atomic E-state index is 0.755. The fourth-order valence-corrected chi connectivity index (χ4v) is 2.38. The van der Waals surface area contributed by atoms with Crippen LogP contribution >= 0.6 is 0 Å². The quantitative estimate of drug-likeness (QED) is 0.669. The number of rotatable bonds is 7. The molecule has 1 fully saturated rings. The molecule has 1 atom stereocenters. The van der Waals surface area contributed by atoms with Gasteiger partial charge in [0.05, 0.1) is 0 Å².